The monoisotopic (exact) mass is 1490 g/mol. The molecule has 2 heterocycles. The maximum Gasteiger partial charge on any atom is 0.206 e. The van der Waals surface area contributed by atoms with Gasteiger partial charge in [0.2, 0.25) is 39.3 Å². The Bertz CT molecular complexity index is 5070. The van der Waals surface area contributed by atoms with E-state index in [0.717, 1.165) is 49.5 Å². The minimum Gasteiger partial charge on any atom is -0.310 e. The third-order valence-electron chi connectivity index (χ3n) is 19.0. The summed E-state index contributed by atoms with van der Waals surface area (Å²) in [6.07, 6.45) is 1.08. The van der Waals surface area contributed by atoms with Gasteiger partial charge >= 0.3 is 0 Å². The van der Waals surface area contributed by atoms with Crippen LogP contribution >= 0.6 is 31.9 Å². The van der Waals surface area contributed by atoms with Crippen LogP contribution in [-0.2, 0) is 62.0 Å². The van der Waals surface area contributed by atoms with Crippen molar-refractivity contribution in [3.8, 4) is 0 Å². The Balaban J connectivity index is 0.000000168. The number of sulfone groups is 4. The molecule has 0 spiro atoms. The molecular formula is C82H68Br2N2O8S4. The minimum absolute atomic E-state index is 0.0142. The first-order valence-electron chi connectivity index (χ1n) is 31.8. The second-order valence-corrected chi connectivity index (χ2v) is 35.6. The summed E-state index contributed by atoms with van der Waals surface area (Å²) in [4.78, 5) is 4.97. The van der Waals surface area contributed by atoms with E-state index in [4.69, 9.17) is 0 Å². The highest BCUT2D eigenvalue weighted by molar-refractivity contribution is 9.10. The van der Waals surface area contributed by atoms with Gasteiger partial charge in [0.15, 0.2) is 0 Å². The van der Waals surface area contributed by atoms with E-state index in [1.54, 1.807) is 48.5 Å². The van der Waals surface area contributed by atoms with Crippen molar-refractivity contribution in [2.75, 3.05) is 9.80 Å². The van der Waals surface area contributed by atoms with E-state index in [2.05, 4.69) is 180 Å². The summed E-state index contributed by atoms with van der Waals surface area (Å²) in [6.45, 7) is 13.5. The van der Waals surface area contributed by atoms with Crippen LogP contribution in [0.15, 0.2) is 339 Å². The average molecular weight is 1500 g/mol. The molecule has 3 aliphatic rings. The van der Waals surface area contributed by atoms with Crippen molar-refractivity contribution in [2.24, 2.45) is 0 Å². The summed E-state index contributed by atoms with van der Waals surface area (Å²) in [7, 11) is -15.3. The van der Waals surface area contributed by atoms with Gasteiger partial charge in [-0.1, -0.05) is 195 Å². The minimum atomic E-state index is -3.95. The number of hydrogen-bond donors (Lipinski definition) is 0. The third-order valence-corrected chi connectivity index (χ3v) is 27.2. The fourth-order valence-electron chi connectivity index (χ4n) is 13.7. The van der Waals surface area contributed by atoms with Crippen molar-refractivity contribution in [3.05, 3.63) is 345 Å². The number of hydrogen-bond acceptors (Lipinski definition) is 10. The molecule has 12 aromatic carbocycles. The Kier molecular flexibility index (Phi) is 17.9. The molecule has 1 aliphatic carbocycles. The smallest absolute Gasteiger partial charge is 0.206 e. The summed E-state index contributed by atoms with van der Waals surface area (Å²) < 4.78 is 108. The lowest BCUT2D eigenvalue weighted by atomic mass is 9.69. The van der Waals surface area contributed by atoms with Gasteiger partial charge in [-0.15, -0.1) is 0 Å². The number of fused-ring (bicyclic) bond motifs is 6. The number of anilines is 6. The van der Waals surface area contributed by atoms with E-state index in [1.165, 1.54) is 117 Å². The molecule has 0 N–H and O–H groups in total. The van der Waals surface area contributed by atoms with Gasteiger partial charge < -0.3 is 9.80 Å². The number of halogens is 2. The standard InChI is InChI=1S/C48H40N2O4S2.C18H12Br2O4S2.C16H16/c1-47(2)39-13-5-9-17-43(39)49(44-18-10-6-14-40(44)47)33-21-25-35(26-22-33)55(51,52)37-29-31-38(32-30-37)56(53,54)36-27-23-34(24-28-36)50-45-19-11-7-15-41(45)48(3,4)42-16-8-12-20-46(42)50;19-13-1-5-15(6-2-13)25(21,22)17-9-11-18(12-10-17)26(23,24)16-7-3-14(20)4-8-16;1-16(2)14-9-5-3-7-12(14)11-13-8-4-6-10-15(13)16/h5-32H,1-4H3;1-12H;3-10H,11H2,1-2H3. The number of para-hydroxylation sites is 4. The quantitative estimate of drug-likeness (QED) is 0.130. The molecule has 12 aromatic rings. The normalized spacial score (nSPS) is 14.6. The zero-order valence-corrected chi connectivity index (χ0v) is 60.9. The number of rotatable bonds is 10. The predicted octanol–water partition coefficient (Wildman–Crippen LogP) is 20.4. The number of benzene rings is 12. The molecule has 16 heteroatoms. The van der Waals surface area contributed by atoms with Crippen LogP contribution in [0.2, 0.25) is 0 Å². The van der Waals surface area contributed by atoms with Crippen LogP contribution in [-0.4, -0.2) is 33.7 Å². The molecule has 0 amide bonds. The van der Waals surface area contributed by atoms with Crippen LogP contribution < -0.4 is 9.80 Å². The molecule has 98 heavy (non-hydrogen) atoms. The van der Waals surface area contributed by atoms with E-state index < -0.39 is 39.3 Å². The first-order valence-corrected chi connectivity index (χ1v) is 39.3. The maximum atomic E-state index is 13.9. The molecule has 2 aliphatic heterocycles. The largest absolute Gasteiger partial charge is 0.310 e. The van der Waals surface area contributed by atoms with Crippen LogP contribution in [0.5, 0.6) is 0 Å². The third kappa shape index (κ3) is 12.3. The van der Waals surface area contributed by atoms with Gasteiger partial charge in [0.1, 0.15) is 0 Å². The summed E-state index contributed by atoms with van der Waals surface area (Å²) in [6, 6.07) is 87.8. The molecule has 10 nitrogen and oxygen atoms in total. The highest BCUT2D eigenvalue weighted by atomic mass is 79.9. The highest BCUT2D eigenvalue weighted by Gasteiger charge is 2.39. The fraction of sp³-hybridized carbons (Fsp3) is 0.122. The lowest BCUT2D eigenvalue weighted by Gasteiger charge is -2.42. The summed E-state index contributed by atoms with van der Waals surface area (Å²) >= 11 is 6.52. The SMILES string of the molecule is CC1(C)c2ccccc2Cc2ccccc21.CC1(C)c2ccccc2N(c2ccc(S(=O)(=O)c3ccc(S(=O)(=O)c4ccc(N5c6ccccc6C(C)(C)c6ccccc65)cc4)cc3)cc2)c2ccccc21.O=S(=O)(c1ccc(Br)cc1)c1ccc(S(=O)(=O)c2ccc(Br)cc2)cc1. The van der Waals surface area contributed by atoms with Gasteiger partial charge in [0.25, 0.3) is 0 Å². The second-order valence-electron chi connectivity index (χ2n) is 26.0. The first kappa shape index (κ1) is 67.6. The summed E-state index contributed by atoms with van der Waals surface area (Å²) in [5.74, 6) is 0. The van der Waals surface area contributed by atoms with Gasteiger partial charge in [-0.05, 0) is 221 Å². The topological polar surface area (TPSA) is 143 Å². The van der Waals surface area contributed by atoms with E-state index in [1.807, 2.05) is 72.8 Å². The highest BCUT2D eigenvalue weighted by Crippen LogP contribution is 2.54. The molecule has 0 radical (unpaired) electrons. The Morgan fingerprint density at radius 3 is 0.673 bits per heavy atom. The Morgan fingerprint density at radius 1 is 0.245 bits per heavy atom. The second kappa shape index (κ2) is 26.0. The summed E-state index contributed by atoms with van der Waals surface area (Å²) in [5, 5.41) is 0. The molecule has 492 valence electrons. The maximum absolute atomic E-state index is 13.9. The van der Waals surface area contributed by atoms with E-state index in [9.17, 15) is 33.7 Å². The first-order chi connectivity index (χ1) is 46.7. The zero-order valence-electron chi connectivity index (χ0n) is 54.5. The van der Waals surface area contributed by atoms with Gasteiger partial charge in [-0.25, -0.2) is 33.7 Å². The fourth-order valence-corrected chi connectivity index (χ4v) is 19.3. The lowest BCUT2D eigenvalue weighted by Crippen LogP contribution is -2.30. The number of nitrogens with zero attached hydrogens (tertiary/aromatic N) is 2. The molecule has 0 aromatic heterocycles. The van der Waals surface area contributed by atoms with Crippen LogP contribution in [0.1, 0.15) is 86.1 Å². The Morgan fingerprint density at radius 2 is 0.429 bits per heavy atom. The average Bonchev–Trinajstić information content (AvgIpc) is 0.736. The zero-order chi connectivity index (χ0) is 69.2. The molecule has 0 fully saturated rings. The molecule has 0 atom stereocenters. The Labute approximate surface area is 591 Å². The van der Waals surface area contributed by atoms with Gasteiger partial charge in [-0.3, -0.25) is 0 Å². The molecule has 0 saturated carbocycles. The van der Waals surface area contributed by atoms with Gasteiger partial charge in [0.05, 0.1) is 61.9 Å². The van der Waals surface area contributed by atoms with E-state index in [-0.39, 0.29) is 55.4 Å². The van der Waals surface area contributed by atoms with Crippen molar-refractivity contribution in [1.29, 1.82) is 0 Å². The van der Waals surface area contributed by atoms with Gasteiger partial charge in [0, 0.05) is 36.6 Å². The van der Waals surface area contributed by atoms with Crippen molar-refractivity contribution in [1.82, 2.24) is 0 Å². The predicted molar refractivity (Wildman–Crippen MR) is 397 cm³/mol. The molecule has 0 unspecified atom stereocenters. The van der Waals surface area contributed by atoms with Gasteiger partial charge in [-0.2, -0.15) is 0 Å². The molecule has 0 bridgehead atoms. The van der Waals surface area contributed by atoms with Crippen molar-refractivity contribution in [2.45, 2.75) is 103 Å². The molecular weight excluding hydrogens is 1430 g/mol. The van der Waals surface area contributed by atoms with Crippen molar-refractivity contribution < 1.29 is 33.7 Å². The van der Waals surface area contributed by atoms with Crippen molar-refractivity contribution in [3.63, 3.8) is 0 Å². The molecule has 0 saturated heterocycles. The van der Waals surface area contributed by atoms with E-state index >= 15 is 0 Å². The van der Waals surface area contributed by atoms with Crippen LogP contribution in [0.3, 0.4) is 0 Å². The van der Waals surface area contributed by atoms with E-state index in [0.29, 0.717) is 0 Å². The lowest BCUT2D eigenvalue weighted by molar-refractivity contribution is 0.592. The van der Waals surface area contributed by atoms with Crippen LogP contribution in [0.4, 0.5) is 34.1 Å². The molecule has 15 rings (SSSR count). The summed E-state index contributed by atoms with van der Waals surface area (Å²) in [5.41, 5.74) is 16.2. The van der Waals surface area contributed by atoms with Crippen LogP contribution in [0.25, 0.3) is 0 Å². The van der Waals surface area contributed by atoms with Crippen molar-refractivity contribution >= 4 is 105 Å². The Hall–Kier alpha value is -9.00. The van der Waals surface area contributed by atoms with Crippen LogP contribution in [0, 0.1) is 0 Å².